The summed E-state index contributed by atoms with van der Waals surface area (Å²) in [6.07, 6.45) is 2.36. The summed E-state index contributed by atoms with van der Waals surface area (Å²) >= 11 is 0. The highest BCUT2D eigenvalue weighted by atomic mass is 16.5. The van der Waals surface area contributed by atoms with E-state index in [0.717, 1.165) is 29.8 Å². The zero-order chi connectivity index (χ0) is 13.3. The summed E-state index contributed by atoms with van der Waals surface area (Å²) in [5.41, 5.74) is 3.17. The van der Waals surface area contributed by atoms with Gasteiger partial charge in [-0.2, -0.15) is 0 Å². The Kier molecular flexibility index (Phi) is 3.55. The van der Waals surface area contributed by atoms with Gasteiger partial charge in [0.05, 0.1) is 12.2 Å². The van der Waals surface area contributed by atoms with E-state index in [1.54, 1.807) is 6.92 Å². The first-order valence-electron chi connectivity index (χ1n) is 6.47. The van der Waals surface area contributed by atoms with Crippen LogP contribution in [0.25, 0.3) is 0 Å². The topological polar surface area (TPSA) is 55.4 Å². The van der Waals surface area contributed by atoms with Crippen molar-refractivity contribution in [2.45, 2.75) is 40.0 Å². The molecule has 1 N–H and O–H groups in total. The number of dihydropyridines is 1. The predicted molar refractivity (Wildman–Crippen MR) is 67.5 cm³/mol. The van der Waals surface area contributed by atoms with Crippen molar-refractivity contribution in [1.29, 1.82) is 0 Å². The molecular formula is C14H19NO3. The van der Waals surface area contributed by atoms with E-state index in [9.17, 15) is 9.59 Å². The lowest BCUT2D eigenvalue weighted by Gasteiger charge is -2.31. The molecule has 0 bridgehead atoms. The van der Waals surface area contributed by atoms with Crippen LogP contribution in [0.15, 0.2) is 22.5 Å². The van der Waals surface area contributed by atoms with E-state index in [4.69, 9.17) is 4.74 Å². The fourth-order valence-corrected chi connectivity index (χ4v) is 2.80. The molecule has 4 nitrogen and oxygen atoms in total. The Balaban J connectivity index is 2.34. The number of carbonyl (C=O) groups excluding carboxylic acids is 2. The molecule has 0 radical (unpaired) electrons. The van der Waals surface area contributed by atoms with Gasteiger partial charge in [-0.15, -0.1) is 0 Å². The first kappa shape index (κ1) is 12.9. The second-order valence-corrected chi connectivity index (χ2v) is 4.77. The van der Waals surface area contributed by atoms with Crippen molar-refractivity contribution in [2.75, 3.05) is 6.61 Å². The van der Waals surface area contributed by atoms with E-state index in [1.165, 1.54) is 0 Å². The number of hydrogen-bond acceptors (Lipinski definition) is 4. The number of carbonyl (C=O) groups is 2. The van der Waals surface area contributed by atoms with Crippen LogP contribution in [0.1, 0.15) is 40.0 Å². The van der Waals surface area contributed by atoms with Gasteiger partial charge in [0.2, 0.25) is 0 Å². The van der Waals surface area contributed by atoms with Crippen molar-refractivity contribution < 1.29 is 14.3 Å². The van der Waals surface area contributed by atoms with Crippen molar-refractivity contribution in [3.8, 4) is 0 Å². The van der Waals surface area contributed by atoms with Crippen molar-refractivity contribution in [2.24, 2.45) is 5.92 Å². The van der Waals surface area contributed by atoms with Gasteiger partial charge in [0.1, 0.15) is 0 Å². The van der Waals surface area contributed by atoms with Crippen LogP contribution in [-0.2, 0) is 14.3 Å². The molecule has 98 valence electrons. The van der Waals surface area contributed by atoms with Crippen molar-refractivity contribution in [3.05, 3.63) is 22.5 Å². The Bertz CT molecular complexity index is 460. The molecule has 0 saturated carbocycles. The first-order valence-corrected chi connectivity index (χ1v) is 6.47. The summed E-state index contributed by atoms with van der Waals surface area (Å²) < 4.78 is 5.07. The fraction of sp³-hybridized carbons (Fsp3) is 0.571. The Morgan fingerprint density at radius 3 is 2.83 bits per heavy atom. The van der Waals surface area contributed by atoms with Crippen LogP contribution >= 0.6 is 0 Å². The van der Waals surface area contributed by atoms with Gasteiger partial charge in [0, 0.05) is 29.3 Å². The maximum atomic E-state index is 12.0. The molecule has 18 heavy (non-hydrogen) atoms. The normalized spacial score (nSPS) is 23.7. The number of esters is 1. The molecule has 0 unspecified atom stereocenters. The van der Waals surface area contributed by atoms with Gasteiger partial charge in [0.15, 0.2) is 5.78 Å². The second-order valence-electron chi connectivity index (χ2n) is 4.77. The third kappa shape index (κ3) is 2.07. The number of ether oxygens (including phenoxy) is 1. The number of Topliss-reactive ketones (excluding diaryl/α,β-unsaturated/α-hetero) is 1. The molecule has 0 fully saturated rings. The standard InChI is InChI=1S/C14H19NO3/c1-4-18-14(17)12-8(2)13-10(15-9(12)3)6-5-7-11(13)16/h8,15H,4-7H2,1-3H3/t8-/m1/s1. The van der Waals surface area contributed by atoms with Crippen molar-refractivity contribution >= 4 is 11.8 Å². The lowest BCUT2D eigenvalue weighted by Crippen LogP contribution is -2.34. The SMILES string of the molecule is CCOC(=O)C1=C(C)NC2=C(C(=O)CCC2)[C@@H]1C. The van der Waals surface area contributed by atoms with Gasteiger partial charge in [-0.05, 0) is 26.7 Å². The third-order valence-electron chi connectivity index (χ3n) is 3.56. The highest BCUT2D eigenvalue weighted by Crippen LogP contribution is 2.35. The van der Waals surface area contributed by atoms with Crippen molar-refractivity contribution in [3.63, 3.8) is 0 Å². The minimum absolute atomic E-state index is 0.158. The molecule has 1 heterocycles. The zero-order valence-electron chi connectivity index (χ0n) is 11.1. The molecule has 0 aromatic heterocycles. The van der Waals surface area contributed by atoms with Gasteiger partial charge >= 0.3 is 5.97 Å². The Labute approximate surface area is 107 Å². The quantitative estimate of drug-likeness (QED) is 0.761. The maximum absolute atomic E-state index is 12.0. The van der Waals surface area contributed by atoms with Gasteiger partial charge in [-0.25, -0.2) is 4.79 Å². The number of nitrogens with one attached hydrogen (secondary N) is 1. The fourth-order valence-electron chi connectivity index (χ4n) is 2.80. The molecule has 1 aliphatic carbocycles. The lowest BCUT2D eigenvalue weighted by atomic mass is 9.80. The maximum Gasteiger partial charge on any atom is 0.336 e. The Morgan fingerprint density at radius 2 is 2.17 bits per heavy atom. The molecule has 0 aromatic rings. The van der Waals surface area contributed by atoms with Gasteiger partial charge in [0.25, 0.3) is 0 Å². The van der Waals surface area contributed by atoms with Crippen LogP contribution in [0, 0.1) is 5.92 Å². The van der Waals surface area contributed by atoms with Crippen LogP contribution in [0.5, 0.6) is 0 Å². The van der Waals surface area contributed by atoms with E-state index in [0.29, 0.717) is 18.6 Å². The van der Waals surface area contributed by atoms with E-state index >= 15 is 0 Å². The summed E-state index contributed by atoms with van der Waals surface area (Å²) in [4.78, 5) is 23.9. The number of ketones is 1. The largest absolute Gasteiger partial charge is 0.463 e. The Hall–Kier alpha value is -1.58. The summed E-state index contributed by atoms with van der Waals surface area (Å²) in [6, 6.07) is 0. The van der Waals surface area contributed by atoms with Crippen molar-refractivity contribution in [1.82, 2.24) is 5.32 Å². The monoisotopic (exact) mass is 249 g/mol. The Morgan fingerprint density at radius 1 is 1.44 bits per heavy atom. The molecule has 2 rings (SSSR count). The van der Waals surface area contributed by atoms with Gasteiger partial charge in [-0.1, -0.05) is 6.92 Å². The molecule has 0 aromatic carbocycles. The van der Waals surface area contributed by atoms with E-state index in [-0.39, 0.29) is 17.7 Å². The zero-order valence-corrected chi connectivity index (χ0v) is 11.1. The summed E-state index contributed by atoms with van der Waals surface area (Å²) in [6.45, 7) is 5.91. The van der Waals surface area contributed by atoms with Crippen LogP contribution in [-0.4, -0.2) is 18.4 Å². The summed E-state index contributed by atoms with van der Waals surface area (Å²) in [7, 11) is 0. The minimum Gasteiger partial charge on any atom is -0.463 e. The van der Waals surface area contributed by atoms with Crippen LogP contribution < -0.4 is 5.32 Å². The number of hydrogen-bond donors (Lipinski definition) is 1. The molecule has 2 aliphatic rings. The molecule has 0 amide bonds. The molecular weight excluding hydrogens is 230 g/mol. The molecule has 0 saturated heterocycles. The van der Waals surface area contributed by atoms with Gasteiger partial charge in [-0.3, -0.25) is 4.79 Å². The van der Waals surface area contributed by atoms with E-state index < -0.39 is 0 Å². The highest BCUT2D eigenvalue weighted by molar-refractivity contribution is 6.01. The average Bonchev–Trinajstić information content (AvgIpc) is 2.28. The van der Waals surface area contributed by atoms with Crippen LogP contribution in [0.3, 0.4) is 0 Å². The molecule has 1 atom stereocenters. The smallest absolute Gasteiger partial charge is 0.336 e. The minimum atomic E-state index is -0.320. The molecule has 1 aliphatic heterocycles. The predicted octanol–water partition coefficient (Wildman–Crippen LogP) is 2.07. The average molecular weight is 249 g/mol. The van der Waals surface area contributed by atoms with E-state index in [2.05, 4.69) is 5.32 Å². The number of allylic oxidation sites excluding steroid dienone is 3. The summed E-state index contributed by atoms with van der Waals surface area (Å²) in [5.74, 6) is -0.321. The highest BCUT2D eigenvalue weighted by Gasteiger charge is 2.35. The van der Waals surface area contributed by atoms with Crippen LogP contribution in [0.4, 0.5) is 0 Å². The first-order chi connectivity index (χ1) is 8.56. The molecule has 0 spiro atoms. The molecule has 4 heteroatoms. The van der Waals surface area contributed by atoms with Gasteiger partial charge < -0.3 is 10.1 Å². The summed E-state index contributed by atoms with van der Waals surface area (Å²) in [5, 5.41) is 3.21. The third-order valence-corrected chi connectivity index (χ3v) is 3.56. The second kappa shape index (κ2) is 4.96. The number of rotatable bonds is 2. The lowest BCUT2D eigenvalue weighted by molar-refractivity contribution is -0.139. The van der Waals surface area contributed by atoms with E-state index in [1.807, 2.05) is 13.8 Å². The van der Waals surface area contributed by atoms with Crippen LogP contribution in [0.2, 0.25) is 0 Å².